The molecule has 2 atom stereocenters. The van der Waals surface area contributed by atoms with E-state index in [9.17, 15) is 19.2 Å². The van der Waals surface area contributed by atoms with E-state index in [0.717, 1.165) is 12.8 Å². The Morgan fingerprint density at radius 3 is 2.72 bits per heavy atom. The number of amides is 1. The summed E-state index contributed by atoms with van der Waals surface area (Å²) in [4.78, 5) is 23.7. The van der Waals surface area contributed by atoms with Gasteiger partial charge in [-0.25, -0.2) is 4.98 Å². The van der Waals surface area contributed by atoms with E-state index in [-0.39, 0.29) is 23.9 Å². The summed E-state index contributed by atoms with van der Waals surface area (Å²) in [6.45, 7) is 1.96. The van der Waals surface area contributed by atoms with Gasteiger partial charge in [-0.2, -0.15) is 25.9 Å². The zero-order chi connectivity index (χ0) is 22.5. The Labute approximate surface area is 188 Å². The average Bonchev–Trinajstić information content (AvgIpc) is 3.46. The van der Waals surface area contributed by atoms with Gasteiger partial charge in [0.25, 0.3) is 0 Å². The average molecular weight is 458 g/mol. The molecule has 2 aromatic heterocycles. The van der Waals surface area contributed by atoms with Crippen LogP contribution in [-0.4, -0.2) is 52.3 Å². The molecule has 0 unspecified atom stereocenters. The lowest BCUT2D eigenvalue weighted by Gasteiger charge is -2.39. The smallest absolute Gasteiger partial charge is 0.249 e. The van der Waals surface area contributed by atoms with Crippen LogP contribution < -0.4 is 10.2 Å². The second-order valence-electron chi connectivity index (χ2n) is 9.10. The summed E-state index contributed by atoms with van der Waals surface area (Å²) >= 11 is 0. The van der Waals surface area contributed by atoms with Crippen molar-refractivity contribution < 1.29 is 13.9 Å². The van der Waals surface area contributed by atoms with Crippen LogP contribution in [0, 0.1) is 22.7 Å². The van der Waals surface area contributed by atoms with E-state index >= 15 is 0 Å². The van der Waals surface area contributed by atoms with Gasteiger partial charge in [-0.1, -0.05) is 0 Å². The molecule has 3 N–H and O–H groups in total. The minimum atomic E-state index is -2.43. The molecule has 4 heterocycles. The summed E-state index contributed by atoms with van der Waals surface area (Å²) < 4.78 is 21.5. The Hall–Kier alpha value is -2.68. The largest absolute Gasteiger partial charge is 0.321 e. The number of rotatable bonds is 5. The Balaban J connectivity index is 1.31. The molecular weight excluding hydrogens is 430 g/mol. The minimum absolute atomic E-state index is 0.105. The van der Waals surface area contributed by atoms with Crippen LogP contribution in [0.5, 0.6) is 0 Å². The lowest BCUT2D eigenvalue weighted by atomic mass is 9.81. The van der Waals surface area contributed by atoms with E-state index in [1.807, 2.05) is 17.8 Å². The first-order chi connectivity index (χ1) is 15.3. The standard InChI is InChI=1S/C21H27N7O3S/c1-14-10-21(13-22,15-2-3-15)19(29)28(14)18-4-7-23-20(26-18)25-16-11-24-27(12-16)17-5-8-32(30,31)9-6-17/h4,7,11-12,14-15,17,30-31H,2-3,5-6,8-10H2,1H3,(H,23,25,26)/t14-,21-/m1/s1. The van der Waals surface area contributed by atoms with E-state index < -0.39 is 16.0 Å². The molecule has 170 valence electrons. The Morgan fingerprint density at radius 2 is 2.03 bits per heavy atom. The van der Waals surface area contributed by atoms with Gasteiger partial charge in [0.1, 0.15) is 11.2 Å². The topological polar surface area (TPSA) is 140 Å². The first-order valence-electron chi connectivity index (χ1n) is 10.9. The molecule has 2 saturated heterocycles. The lowest BCUT2D eigenvalue weighted by molar-refractivity contribution is -0.123. The van der Waals surface area contributed by atoms with Crippen molar-refractivity contribution in [3.8, 4) is 6.07 Å². The van der Waals surface area contributed by atoms with Crippen LogP contribution in [0.2, 0.25) is 0 Å². The van der Waals surface area contributed by atoms with E-state index in [4.69, 9.17) is 0 Å². The number of anilines is 3. The zero-order valence-electron chi connectivity index (χ0n) is 17.9. The molecular formula is C21H27N7O3S. The van der Waals surface area contributed by atoms with Crippen molar-refractivity contribution in [2.75, 3.05) is 21.7 Å². The molecule has 0 radical (unpaired) electrons. The number of carbonyl (C=O) groups is 1. The SMILES string of the molecule is C[C@@H]1C[C@@](C#N)(C2CC2)C(=O)N1c1ccnc(Nc2cnn(C3CCS(O)(O)CC3)c2)n1. The first kappa shape index (κ1) is 21.2. The minimum Gasteiger partial charge on any atom is -0.321 e. The highest BCUT2D eigenvalue weighted by Gasteiger charge is 2.59. The molecule has 2 aromatic rings. The summed E-state index contributed by atoms with van der Waals surface area (Å²) in [7, 11) is -2.43. The summed E-state index contributed by atoms with van der Waals surface area (Å²) in [6.07, 6.45) is 8.87. The monoisotopic (exact) mass is 457 g/mol. The van der Waals surface area contributed by atoms with E-state index in [0.29, 0.717) is 48.2 Å². The highest BCUT2D eigenvalue weighted by Crippen LogP contribution is 2.53. The number of carbonyl (C=O) groups excluding carboxylic acids is 1. The molecule has 0 bridgehead atoms. The third kappa shape index (κ3) is 3.72. The van der Waals surface area contributed by atoms with E-state index in [2.05, 4.69) is 26.5 Å². The van der Waals surface area contributed by atoms with Crippen LogP contribution in [0.4, 0.5) is 17.5 Å². The molecule has 1 saturated carbocycles. The molecule has 2 aliphatic heterocycles. The number of nitrogens with zero attached hydrogens (tertiary/aromatic N) is 6. The normalized spacial score (nSPS) is 29.0. The van der Waals surface area contributed by atoms with Crippen LogP contribution in [0.15, 0.2) is 24.7 Å². The van der Waals surface area contributed by atoms with Gasteiger partial charge >= 0.3 is 0 Å². The second-order valence-corrected chi connectivity index (χ2v) is 11.5. The van der Waals surface area contributed by atoms with Crippen LogP contribution >= 0.6 is 10.6 Å². The molecule has 32 heavy (non-hydrogen) atoms. The molecule has 5 rings (SSSR count). The molecule has 1 amide bonds. The molecule has 0 aromatic carbocycles. The van der Waals surface area contributed by atoms with Crippen LogP contribution in [0.25, 0.3) is 0 Å². The van der Waals surface area contributed by atoms with Gasteiger partial charge in [0.15, 0.2) is 0 Å². The van der Waals surface area contributed by atoms with Crippen molar-refractivity contribution in [1.82, 2.24) is 19.7 Å². The van der Waals surface area contributed by atoms with Gasteiger partial charge in [-0.05, 0) is 51.0 Å². The number of hydrogen-bond acceptors (Lipinski definition) is 8. The van der Waals surface area contributed by atoms with Crippen molar-refractivity contribution >= 4 is 34.0 Å². The number of hydrogen-bond donors (Lipinski definition) is 3. The summed E-state index contributed by atoms with van der Waals surface area (Å²) in [6, 6.07) is 4.04. The zero-order valence-corrected chi connectivity index (χ0v) is 18.7. The van der Waals surface area contributed by atoms with E-state index in [1.54, 1.807) is 23.4 Å². The van der Waals surface area contributed by atoms with Gasteiger partial charge in [0, 0.05) is 29.9 Å². The van der Waals surface area contributed by atoms with Crippen LogP contribution in [0.3, 0.4) is 0 Å². The van der Waals surface area contributed by atoms with Gasteiger partial charge in [-0.15, -0.1) is 0 Å². The van der Waals surface area contributed by atoms with Crippen molar-refractivity contribution in [3.63, 3.8) is 0 Å². The third-order valence-corrected chi connectivity index (χ3v) is 8.59. The maximum atomic E-state index is 13.2. The Morgan fingerprint density at radius 1 is 1.28 bits per heavy atom. The third-order valence-electron chi connectivity index (χ3n) is 6.81. The predicted molar refractivity (Wildman–Crippen MR) is 121 cm³/mol. The maximum Gasteiger partial charge on any atom is 0.249 e. The second kappa shape index (κ2) is 7.72. The van der Waals surface area contributed by atoms with Crippen LogP contribution in [-0.2, 0) is 4.79 Å². The fraction of sp³-hybridized carbons (Fsp3) is 0.571. The summed E-state index contributed by atoms with van der Waals surface area (Å²) in [5, 5.41) is 17.3. The fourth-order valence-electron chi connectivity index (χ4n) is 4.93. The Bertz CT molecular complexity index is 1070. The number of aromatic nitrogens is 4. The summed E-state index contributed by atoms with van der Waals surface area (Å²) in [5.41, 5.74) is -0.217. The predicted octanol–water partition coefficient (Wildman–Crippen LogP) is 3.55. The van der Waals surface area contributed by atoms with Crippen molar-refractivity contribution in [3.05, 3.63) is 24.7 Å². The Kier molecular flexibility index (Phi) is 5.11. The first-order valence-corrected chi connectivity index (χ1v) is 12.8. The summed E-state index contributed by atoms with van der Waals surface area (Å²) in [5.74, 6) is 1.64. The highest BCUT2D eigenvalue weighted by atomic mass is 32.3. The quantitative estimate of drug-likeness (QED) is 0.619. The van der Waals surface area contributed by atoms with E-state index in [1.165, 1.54) is 0 Å². The molecule has 0 spiro atoms. The van der Waals surface area contributed by atoms with Gasteiger partial charge in [0.05, 0.1) is 24.0 Å². The number of nitriles is 1. The van der Waals surface area contributed by atoms with Crippen molar-refractivity contribution in [1.29, 1.82) is 5.26 Å². The van der Waals surface area contributed by atoms with Crippen molar-refractivity contribution in [2.45, 2.75) is 51.1 Å². The van der Waals surface area contributed by atoms with Gasteiger partial charge < -0.3 is 5.32 Å². The lowest BCUT2D eigenvalue weighted by Crippen LogP contribution is -2.37. The maximum absolute atomic E-state index is 13.2. The molecule has 11 heteroatoms. The molecule has 3 aliphatic rings. The van der Waals surface area contributed by atoms with Crippen LogP contribution in [0.1, 0.15) is 45.1 Å². The fourth-order valence-corrected chi connectivity index (χ4v) is 6.43. The molecule has 1 aliphatic carbocycles. The molecule has 3 fully saturated rings. The highest BCUT2D eigenvalue weighted by molar-refractivity contribution is 8.24. The molecule has 10 nitrogen and oxygen atoms in total. The van der Waals surface area contributed by atoms with Crippen molar-refractivity contribution in [2.24, 2.45) is 11.3 Å². The van der Waals surface area contributed by atoms with Gasteiger partial charge in [-0.3, -0.25) is 23.5 Å². The number of nitrogens with one attached hydrogen (secondary N) is 1. The van der Waals surface area contributed by atoms with Gasteiger partial charge in [0.2, 0.25) is 11.9 Å².